The zero-order valence-corrected chi connectivity index (χ0v) is 14.0. The number of carbonyl (C=O) groups is 1. The first kappa shape index (κ1) is 14.2. The SMILES string of the molecule is O=C(Nc1ccc(Cl)cc1I)c1cc(Cl)cn1C1CC1. The van der Waals surface area contributed by atoms with Gasteiger partial charge >= 0.3 is 0 Å². The topological polar surface area (TPSA) is 34.0 Å². The fourth-order valence-corrected chi connectivity index (χ4v) is 3.27. The molecule has 1 aromatic heterocycles. The molecule has 6 heteroatoms. The molecule has 20 heavy (non-hydrogen) atoms. The normalized spacial score (nSPS) is 14.3. The van der Waals surface area contributed by atoms with Gasteiger partial charge in [-0.15, -0.1) is 0 Å². The summed E-state index contributed by atoms with van der Waals surface area (Å²) in [6.45, 7) is 0. The highest BCUT2D eigenvalue weighted by Crippen LogP contribution is 2.37. The maximum Gasteiger partial charge on any atom is 0.272 e. The molecule has 1 aliphatic carbocycles. The van der Waals surface area contributed by atoms with Crippen LogP contribution >= 0.6 is 45.8 Å². The zero-order chi connectivity index (χ0) is 14.3. The summed E-state index contributed by atoms with van der Waals surface area (Å²) < 4.78 is 2.86. The lowest BCUT2D eigenvalue weighted by Crippen LogP contribution is -2.16. The van der Waals surface area contributed by atoms with Crippen LogP contribution in [0, 0.1) is 3.57 Å². The van der Waals surface area contributed by atoms with E-state index in [-0.39, 0.29) is 5.91 Å². The van der Waals surface area contributed by atoms with E-state index in [2.05, 4.69) is 27.9 Å². The molecule has 1 heterocycles. The Hall–Kier alpha value is -0.720. The van der Waals surface area contributed by atoms with Gasteiger partial charge in [-0.1, -0.05) is 23.2 Å². The zero-order valence-electron chi connectivity index (χ0n) is 10.4. The Labute approximate surface area is 140 Å². The first-order valence-electron chi connectivity index (χ1n) is 6.18. The standard InChI is InChI=1S/C14H11Cl2IN2O/c15-8-1-4-12(11(17)5-8)18-14(20)13-6-9(16)7-19(13)10-2-3-10/h1,4-7,10H,2-3H2,(H,18,20). The molecule has 0 bridgehead atoms. The van der Waals surface area contributed by atoms with E-state index in [9.17, 15) is 4.79 Å². The monoisotopic (exact) mass is 420 g/mol. The van der Waals surface area contributed by atoms with Gasteiger partial charge in [0.1, 0.15) is 5.69 Å². The summed E-state index contributed by atoms with van der Waals surface area (Å²) in [7, 11) is 0. The van der Waals surface area contributed by atoms with Gasteiger partial charge in [-0.05, 0) is 59.7 Å². The summed E-state index contributed by atoms with van der Waals surface area (Å²) in [6, 6.07) is 7.48. The molecule has 1 saturated carbocycles. The van der Waals surface area contributed by atoms with Gasteiger partial charge in [0.2, 0.25) is 0 Å². The largest absolute Gasteiger partial charge is 0.339 e. The number of carbonyl (C=O) groups excluding carboxylic acids is 1. The van der Waals surface area contributed by atoms with Crippen molar-refractivity contribution in [1.29, 1.82) is 0 Å². The van der Waals surface area contributed by atoms with Gasteiger partial charge in [-0.2, -0.15) is 0 Å². The molecular weight excluding hydrogens is 410 g/mol. The Balaban J connectivity index is 1.86. The van der Waals surface area contributed by atoms with Crippen molar-refractivity contribution in [3.8, 4) is 0 Å². The van der Waals surface area contributed by atoms with Crippen LogP contribution in [-0.4, -0.2) is 10.5 Å². The van der Waals surface area contributed by atoms with E-state index in [1.165, 1.54) is 0 Å². The van der Waals surface area contributed by atoms with E-state index in [0.717, 1.165) is 22.1 Å². The summed E-state index contributed by atoms with van der Waals surface area (Å²) in [5, 5.41) is 4.15. The van der Waals surface area contributed by atoms with Gasteiger partial charge in [-0.3, -0.25) is 4.79 Å². The summed E-state index contributed by atoms with van der Waals surface area (Å²) in [4.78, 5) is 12.4. The minimum absolute atomic E-state index is 0.149. The fourth-order valence-electron chi connectivity index (χ4n) is 2.06. The van der Waals surface area contributed by atoms with Crippen molar-refractivity contribution < 1.29 is 4.79 Å². The fraction of sp³-hybridized carbons (Fsp3) is 0.214. The number of halogens is 3. The van der Waals surface area contributed by atoms with Crippen LogP contribution in [0.4, 0.5) is 5.69 Å². The lowest BCUT2D eigenvalue weighted by Gasteiger charge is -2.10. The van der Waals surface area contributed by atoms with E-state index in [1.54, 1.807) is 18.2 Å². The van der Waals surface area contributed by atoms with Crippen molar-refractivity contribution in [2.24, 2.45) is 0 Å². The second kappa shape index (κ2) is 5.58. The highest BCUT2D eigenvalue weighted by molar-refractivity contribution is 14.1. The molecule has 1 amide bonds. The number of benzene rings is 1. The van der Waals surface area contributed by atoms with Crippen LogP contribution in [-0.2, 0) is 0 Å². The van der Waals surface area contributed by atoms with Crippen molar-refractivity contribution in [2.45, 2.75) is 18.9 Å². The highest BCUT2D eigenvalue weighted by Gasteiger charge is 2.28. The number of hydrogen-bond donors (Lipinski definition) is 1. The number of nitrogens with one attached hydrogen (secondary N) is 1. The lowest BCUT2D eigenvalue weighted by atomic mass is 10.3. The average molecular weight is 421 g/mol. The third-order valence-corrected chi connectivity index (χ3v) is 4.50. The molecule has 1 aromatic carbocycles. The van der Waals surface area contributed by atoms with Crippen molar-refractivity contribution in [2.75, 3.05) is 5.32 Å². The molecule has 104 valence electrons. The maximum atomic E-state index is 12.4. The lowest BCUT2D eigenvalue weighted by molar-refractivity contribution is 0.101. The predicted octanol–water partition coefficient (Wildman–Crippen LogP) is 4.99. The smallest absolute Gasteiger partial charge is 0.272 e. The van der Waals surface area contributed by atoms with Crippen LogP contribution in [0.1, 0.15) is 29.4 Å². The van der Waals surface area contributed by atoms with Gasteiger partial charge < -0.3 is 9.88 Å². The Morgan fingerprint density at radius 3 is 2.65 bits per heavy atom. The molecule has 0 unspecified atom stereocenters. The Bertz CT molecular complexity index is 680. The first-order valence-corrected chi connectivity index (χ1v) is 8.02. The number of hydrogen-bond acceptors (Lipinski definition) is 1. The Morgan fingerprint density at radius 2 is 2.00 bits per heavy atom. The predicted molar refractivity (Wildman–Crippen MR) is 89.8 cm³/mol. The van der Waals surface area contributed by atoms with Crippen LogP contribution in [0.5, 0.6) is 0 Å². The van der Waals surface area contributed by atoms with Gasteiger partial charge in [0.15, 0.2) is 0 Å². The van der Waals surface area contributed by atoms with Crippen LogP contribution < -0.4 is 5.32 Å². The van der Waals surface area contributed by atoms with Crippen LogP contribution in [0.2, 0.25) is 10.0 Å². The average Bonchev–Trinajstić information content (AvgIpc) is 3.16. The first-order chi connectivity index (χ1) is 9.54. The van der Waals surface area contributed by atoms with Gasteiger partial charge in [-0.25, -0.2) is 0 Å². The summed E-state index contributed by atoms with van der Waals surface area (Å²) in [6.07, 6.45) is 4.02. The number of anilines is 1. The van der Waals surface area contributed by atoms with Gasteiger partial charge in [0, 0.05) is 20.8 Å². The Morgan fingerprint density at radius 1 is 1.25 bits per heavy atom. The van der Waals surface area contributed by atoms with Crippen molar-refractivity contribution in [1.82, 2.24) is 4.57 Å². The van der Waals surface area contributed by atoms with Crippen molar-refractivity contribution in [3.63, 3.8) is 0 Å². The van der Waals surface area contributed by atoms with E-state index in [4.69, 9.17) is 23.2 Å². The molecule has 3 rings (SSSR count). The van der Waals surface area contributed by atoms with Gasteiger partial charge in [0.05, 0.1) is 10.7 Å². The molecule has 0 radical (unpaired) electrons. The second-order valence-electron chi connectivity index (χ2n) is 4.76. The highest BCUT2D eigenvalue weighted by atomic mass is 127. The molecular formula is C14H11Cl2IN2O. The van der Waals surface area contributed by atoms with Crippen LogP contribution in [0.25, 0.3) is 0 Å². The van der Waals surface area contributed by atoms with E-state index in [0.29, 0.717) is 21.8 Å². The minimum Gasteiger partial charge on any atom is -0.339 e. The summed E-state index contributed by atoms with van der Waals surface area (Å²) in [5.74, 6) is -0.149. The second-order valence-corrected chi connectivity index (χ2v) is 6.80. The molecule has 0 spiro atoms. The minimum atomic E-state index is -0.149. The van der Waals surface area contributed by atoms with Crippen molar-refractivity contribution in [3.05, 3.63) is 49.8 Å². The number of amides is 1. The molecule has 0 saturated heterocycles. The molecule has 1 fully saturated rings. The number of aromatic nitrogens is 1. The molecule has 0 aliphatic heterocycles. The number of nitrogens with zero attached hydrogens (tertiary/aromatic N) is 1. The molecule has 3 nitrogen and oxygen atoms in total. The molecule has 0 atom stereocenters. The maximum absolute atomic E-state index is 12.4. The summed E-state index contributed by atoms with van der Waals surface area (Å²) in [5.41, 5.74) is 1.35. The molecule has 1 aliphatic rings. The quantitative estimate of drug-likeness (QED) is 0.697. The van der Waals surface area contributed by atoms with E-state index in [1.807, 2.05) is 16.8 Å². The van der Waals surface area contributed by atoms with Crippen molar-refractivity contribution >= 4 is 57.4 Å². The van der Waals surface area contributed by atoms with Crippen LogP contribution in [0.15, 0.2) is 30.5 Å². The van der Waals surface area contributed by atoms with E-state index >= 15 is 0 Å². The molecule has 2 aromatic rings. The van der Waals surface area contributed by atoms with Gasteiger partial charge in [0.25, 0.3) is 5.91 Å². The third kappa shape index (κ3) is 2.97. The van der Waals surface area contributed by atoms with E-state index < -0.39 is 0 Å². The molecule has 1 N–H and O–H groups in total. The number of rotatable bonds is 3. The summed E-state index contributed by atoms with van der Waals surface area (Å²) >= 11 is 14.1. The van der Waals surface area contributed by atoms with Crippen LogP contribution in [0.3, 0.4) is 0 Å². The Kier molecular flexibility index (Phi) is 3.97. The third-order valence-electron chi connectivity index (χ3n) is 3.17.